The van der Waals surface area contributed by atoms with Crippen molar-refractivity contribution in [3.8, 4) is 11.4 Å². The SMILES string of the molecule is CC(Oc1cccc(-n2cnnn2)c1)C(=O)Nc1ccc2c(c1)CCC2. The minimum atomic E-state index is -0.632. The van der Waals surface area contributed by atoms with E-state index >= 15 is 0 Å². The molecule has 26 heavy (non-hydrogen) atoms. The van der Waals surface area contributed by atoms with Gasteiger partial charge in [0.1, 0.15) is 12.1 Å². The molecule has 2 aromatic carbocycles. The minimum absolute atomic E-state index is 0.184. The molecule has 132 valence electrons. The number of hydrogen-bond donors (Lipinski definition) is 1. The fraction of sp³-hybridized carbons (Fsp3) is 0.263. The fourth-order valence-electron chi connectivity index (χ4n) is 3.13. The molecule has 0 aliphatic heterocycles. The topological polar surface area (TPSA) is 81.9 Å². The summed E-state index contributed by atoms with van der Waals surface area (Å²) in [5.41, 5.74) is 4.28. The highest BCUT2D eigenvalue weighted by Gasteiger charge is 2.17. The van der Waals surface area contributed by atoms with Crippen molar-refractivity contribution in [2.45, 2.75) is 32.3 Å². The van der Waals surface area contributed by atoms with Crippen LogP contribution >= 0.6 is 0 Å². The fourth-order valence-corrected chi connectivity index (χ4v) is 3.13. The normalized spacial score (nSPS) is 13.9. The molecular weight excluding hydrogens is 330 g/mol. The Balaban J connectivity index is 1.42. The number of nitrogens with zero attached hydrogens (tertiary/aromatic N) is 4. The molecule has 1 aliphatic rings. The van der Waals surface area contributed by atoms with E-state index in [2.05, 4.69) is 33.0 Å². The van der Waals surface area contributed by atoms with Gasteiger partial charge < -0.3 is 10.1 Å². The third-order valence-corrected chi connectivity index (χ3v) is 4.48. The van der Waals surface area contributed by atoms with E-state index in [-0.39, 0.29) is 5.91 Å². The predicted octanol–water partition coefficient (Wildman–Crippen LogP) is 2.56. The molecule has 7 heteroatoms. The number of carbonyl (C=O) groups is 1. The molecule has 1 aliphatic carbocycles. The van der Waals surface area contributed by atoms with Crippen LogP contribution < -0.4 is 10.1 Å². The van der Waals surface area contributed by atoms with Gasteiger partial charge in [0.25, 0.3) is 5.91 Å². The van der Waals surface area contributed by atoms with Crippen molar-refractivity contribution in [2.24, 2.45) is 0 Å². The maximum atomic E-state index is 12.5. The molecule has 1 amide bonds. The van der Waals surface area contributed by atoms with Crippen LogP contribution in [0.4, 0.5) is 5.69 Å². The van der Waals surface area contributed by atoms with Gasteiger partial charge in [-0.3, -0.25) is 4.79 Å². The van der Waals surface area contributed by atoms with E-state index in [9.17, 15) is 4.79 Å². The molecular formula is C19H19N5O2. The third-order valence-electron chi connectivity index (χ3n) is 4.48. The summed E-state index contributed by atoms with van der Waals surface area (Å²) in [6.45, 7) is 1.73. The number of fused-ring (bicyclic) bond motifs is 1. The predicted molar refractivity (Wildman–Crippen MR) is 96.3 cm³/mol. The van der Waals surface area contributed by atoms with Crippen LogP contribution in [0.3, 0.4) is 0 Å². The quantitative estimate of drug-likeness (QED) is 0.765. The largest absolute Gasteiger partial charge is 0.481 e. The summed E-state index contributed by atoms with van der Waals surface area (Å²) in [4.78, 5) is 12.5. The zero-order chi connectivity index (χ0) is 17.9. The molecule has 0 spiro atoms. The lowest BCUT2D eigenvalue weighted by atomic mass is 10.1. The monoisotopic (exact) mass is 349 g/mol. The van der Waals surface area contributed by atoms with Crippen LogP contribution in [0.2, 0.25) is 0 Å². The lowest BCUT2D eigenvalue weighted by Gasteiger charge is -2.16. The summed E-state index contributed by atoms with van der Waals surface area (Å²) >= 11 is 0. The van der Waals surface area contributed by atoms with Crippen LogP contribution in [0.15, 0.2) is 48.8 Å². The Bertz CT molecular complexity index is 923. The number of benzene rings is 2. The average molecular weight is 349 g/mol. The number of tetrazole rings is 1. The molecule has 4 rings (SSSR count). The van der Waals surface area contributed by atoms with Crippen LogP contribution in [-0.2, 0) is 17.6 Å². The van der Waals surface area contributed by atoms with Crippen LogP contribution in [0.25, 0.3) is 5.69 Å². The second-order valence-corrected chi connectivity index (χ2v) is 6.34. The number of ether oxygens (including phenoxy) is 1. The van der Waals surface area contributed by atoms with Gasteiger partial charge in [-0.1, -0.05) is 12.1 Å². The van der Waals surface area contributed by atoms with Gasteiger partial charge in [0.15, 0.2) is 6.10 Å². The first-order valence-corrected chi connectivity index (χ1v) is 8.62. The van der Waals surface area contributed by atoms with Crippen molar-refractivity contribution in [3.05, 3.63) is 59.9 Å². The molecule has 7 nitrogen and oxygen atoms in total. The van der Waals surface area contributed by atoms with Crippen LogP contribution in [-0.4, -0.2) is 32.2 Å². The molecule has 0 saturated heterocycles. The second-order valence-electron chi connectivity index (χ2n) is 6.34. The van der Waals surface area contributed by atoms with E-state index < -0.39 is 6.10 Å². The molecule has 1 atom stereocenters. The Labute approximate surface area is 151 Å². The average Bonchev–Trinajstić information content (AvgIpc) is 3.33. The first kappa shape index (κ1) is 16.3. The maximum absolute atomic E-state index is 12.5. The van der Waals surface area contributed by atoms with Crippen molar-refractivity contribution >= 4 is 11.6 Å². The molecule has 0 bridgehead atoms. The van der Waals surface area contributed by atoms with Gasteiger partial charge >= 0.3 is 0 Å². The molecule has 1 aromatic heterocycles. The lowest BCUT2D eigenvalue weighted by Crippen LogP contribution is -2.30. The summed E-state index contributed by atoms with van der Waals surface area (Å²) in [5.74, 6) is 0.394. The Hall–Kier alpha value is -3.22. The van der Waals surface area contributed by atoms with Crippen molar-refractivity contribution < 1.29 is 9.53 Å². The Morgan fingerprint density at radius 1 is 1.19 bits per heavy atom. The van der Waals surface area contributed by atoms with E-state index in [0.29, 0.717) is 5.75 Å². The van der Waals surface area contributed by atoms with Gasteiger partial charge in [0.05, 0.1) is 5.69 Å². The number of amides is 1. The number of hydrogen-bond acceptors (Lipinski definition) is 5. The molecule has 0 fully saturated rings. The Morgan fingerprint density at radius 3 is 2.92 bits per heavy atom. The molecule has 1 unspecified atom stereocenters. The van der Waals surface area contributed by atoms with E-state index in [1.165, 1.54) is 28.6 Å². The first-order valence-electron chi connectivity index (χ1n) is 8.62. The van der Waals surface area contributed by atoms with Gasteiger partial charge in [-0.15, -0.1) is 5.10 Å². The van der Waals surface area contributed by atoms with E-state index in [1.807, 2.05) is 18.2 Å². The van der Waals surface area contributed by atoms with Crippen molar-refractivity contribution in [1.29, 1.82) is 0 Å². The number of aromatic nitrogens is 4. The summed E-state index contributed by atoms with van der Waals surface area (Å²) in [6, 6.07) is 13.4. The first-order chi connectivity index (χ1) is 12.7. The number of carbonyl (C=O) groups excluding carboxylic acids is 1. The minimum Gasteiger partial charge on any atom is -0.481 e. The van der Waals surface area contributed by atoms with Crippen LogP contribution in [0, 0.1) is 0 Å². The van der Waals surface area contributed by atoms with Crippen molar-refractivity contribution in [3.63, 3.8) is 0 Å². The second kappa shape index (κ2) is 6.95. The molecule has 0 saturated carbocycles. The zero-order valence-corrected chi connectivity index (χ0v) is 14.4. The summed E-state index contributed by atoms with van der Waals surface area (Å²) in [7, 11) is 0. The van der Waals surface area contributed by atoms with Gasteiger partial charge in [0, 0.05) is 11.8 Å². The summed E-state index contributed by atoms with van der Waals surface area (Å²) < 4.78 is 7.32. The zero-order valence-electron chi connectivity index (χ0n) is 14.4. The summed E-state index contributed by atoms with van der Waals surface area (Å²) in [6.07, 6.45) is 4.26. The van der Waals surface area contributed by atoms with Gasteiger partial charge in [0.2, 0.25) is 0 Å². The Kier molecular flexibility index (Phi) is 4.35. The number of anilines is 1. The summed E-state index contributed by atoms with van der Waals surface area (Å²) in [5, 5.41) is 14.0. The number of nitrogens with one attached hydrogen (secondary N) is 1. The Morgan fingerprint density at radius 2 is 2.08 bits per heavy atom. The van der Waals surface area contributed by atoms with E-state index in [0.717, 1.165) is 24.2 Å². The standard InChI is InChI=1S/C19H19N5O2/c1-13(19(25)21-16-9-8-14-4-2-5-15(14)10-16)26-18-7-3-6-17(11-18)24-12-20-22-23-24/h3,6-13H,2,4-5H2,1H3,(H,21,25). The van der Waals surface area contributed by atoms with Gasteiger partial charge in [-0.25, -0.2) is 4.68 Å². The van der Waals surface area contributed by atoms with E-state index in [4.69, 9.17) is 4.74 Å². The highest BCUT2D eigenvalue weighted by Crippen LogP contribution is 2.25. The highest BCUT2D eigenvalue weighted by atomic mass is 16.5. The molecule has 3 aromatic rings. The molecule has 1 N–H and O–H groups in total. The van der Waals surface area contributed by atoms with Crippen molar-refractivity contribution in [1.82, 2.24) is 20.2 Å². The number of rotatable bonds is 5. The molecule has 0 radical (unpaired) electrons. The third kappa shape index (κ3) is 3.42. The smallest absolute Gasteiger partial charge is 0.265 e. The van der Waals surface area contributed by atoms with Gasteiger partial charge in [-0.2, -0.15) is 0 Å². The highest BCUT2D eigenvalue weighted by molar-refractivity contribution is 5.94. The lowest BCUT2D eigenvalue weighted by molar-refractivity contribution is -0.122. The maximum Gasteiger partial charge on any atom is 0.265 e. The van der Waals surface area contributed by atoms with Crippen LogP contribution in [0.5, 0.6) is 5.75 Å². The van der Waals surface area contributed by atoms with Crippen molar-refractivity contribution in [2.75, 3.05) is 5.32 Å². The molecule has 1 heterocycles. The van der Waals surface area contributed by atoms with E-state index in [1.54, 1.807) is 19.1 Å². The van der Waals surface area contributed by atoms with Gasteiger partial charge in [-0.05, 0) is 72.0 Å². The number of aryl methyl sites for hydroxylation is 2. The van der Waals surface area contributed by atoms with Crippen LogP contribution in [0.1, 0.15) is 24.5 Å².